The Hall–Kier alpha value is -2.80. The van der Waals surface area contributed by atoms with Crippen LogP contribution in [0.15, 0.2) is 47.2 Å². The Labute approximate surface area is 148 Å². The van der Waals surface area contributed by atoms with Crippen LogP contribution in [0.4, 0.5) is 0 Å². The van der Waals surface area contributed by atoms with Crippen LogP contribution in [-0.2, 0) is 0 Å². The molecule has 1 aliphatic heterocycles. The van der Waals surface area contributed by atoms with Crippen molar-refractivity contribution in [2.24, 2.45) is 0 Å². The van der Waals surface area contributed by atoms with Crippen LogP contribution in [0.3, 0.4) is 0 Å². The third-order valence-electron chi connectivity index (χ3n) is 4.08. The number of amides is 1. The Bertz CT molecular complexity index is 882. The largest absolute Gasteiger partial charge is 0.337 e. The number of likely N-dealkylation sites (tertiary alicyclic amines) is 1. The van der Waals surface area contributed by atoms with Crippen molar-refractivity contribution in [1.29, 1.82) is 0 Å². The van der Waals surface area contributed by atoms with E-state index in [9.17, 15) is 4.79 Å². The molecule has 126 valence electrons. The van der Waals surface area contributed by atoms with Crippen LogP contribution < -0.4 is 0 Å². The fourth-order valence-electron chi connectivity index (χ4n) is 2.89. The maximum Gasteiger partial charge on any atom is 0.273 e. The molecular weight excluding hydrogens is 342 g/mol. The lowest BCUT2D eigenvalue weighted by Crippen LogP contribution is -2.31. The monoisotopic (exact) mass is 355 g/mol. The maximum atomic E-state index is 12.7. The first-order valence-corrected chi connectivity index (χ1v) is 8.28. The number of hydrogen-bond acceptors (Lipinski definition) is 6. The van der Waals surface area contributed by atoms with Crippen LogP contribution in [0.5, 0.6) is 0 Å². The van der Waals surface area contributed by atoms with E-state index in [0.717, 1.165) is 12.8 Å². The first kappa shape index (κ1) is 15.7. The SMILES string of the molecule is O=C(c1ccc(Cl)cn1)N1CCC[C@@H]1c1nc(-c2ccccn2)no1. The lowest BCUT2D eigenvalue weighted by atomic mass is 10.2. The number of carbonyl (C=O) groups is 1. The van der Waals surface area contributed by atoms with Gasteiger partial charge in [0.25, 0.3) is 5.91 Å². The van der Waals surface area contributed by atoms with Crippen molar-refractivity contribution in [3.05, 3.63) is 59.3 Å². The van der Waals surface area contributed by atoms with Crippen molar-refractivity contribution in [3.63, 3.8) is 0 Å². The van der Waals surface area contributed by atoms with Gasteiger partial charge in [-0.1, -0.05) is 22.8 Å². The van der Waals surface area contributed by atoms with Gasteiger partial charge in [0, 0.05) is 18.9 Å². The molecule has 25 heavy (non-hydrogen) atoms. The van der Waals surface area contributed by atoms with Gasteiger partial charge in [-0.15, -0.1) is 0 Å². The van der Waals surface area contributed by atoms with E-state index in [0.29, 0.717) is 34.7 Å². The van der Waals surface area contributed by atoms with Gasteiger partial charge in [0.05, 0.1) is 5.02 Å². The normalized spacial score (nSPS) is 17.0. The van der Waals surface area contributed by atoms with E-state index in [-0.39, 0.29) is 11.9 Å². The fourth-order valence-corrected chi connectivity index (χ4v) is 3.00. The molecule has 1 atom stereocenters. The summed E-state index contributed by atoms with van der Waals surface area (Å²) >= 11 is 5.83. The van der Waals surface area contributed by atoms with Crippen LogP contribution in [-0.4, -0.2) is 37.5 Å². The topological polar surface area (TPSA) is 85.0 Å². The van der Waals surface area contributed by atoms with Gasteiger partial charge in [-0.25, -0.2) is 4.98 Å². The van der Waals surface area contributed by atoms with Crippen molar-refractivity contribution in [1.82, 2.24) is 25.0 Å². The number of pyridine rings is 2. The maximum absolute atomic E-state index is 12.7. The minimum atomic E-state index is -0.255. The molecule has 1 fully saturated rings. The van der Waals surface area contributed by atoms with E-state index >= 15 is 0 Å². The van der Waals surface area contributed by atoms with Crippen LogP contribution in [0, 0.1) is 0 Å². The second kappa shape index (κ2) is 6.60. The second-order valence-corrected chi connectivity index (χ2v) is 6.13. The molecule has 0 bridgehead atoms. The Morgan fingerprint density at radius 1 is 1.24 bits per heavy atom. The highest BCUT2D eigenvalue weighted by molar-refractivity contribution is 6.30. The van der Waals surface area contributed by atoms with Crippen molar-refractivity contribution in [2.75, 3.05) is 6.54 Å². The Morgan fingerprint density at radius 2 is 2.16 bits per heavy atom. The molecule has 8 heteroatoms. The van der Waals surface area contributed by atoms with Crippen molar-refractivity contribution in [2.45, 2.75) is 18.9 Å². The summed E-state index contributed by atoms with van der Waals surface area (Å²) in [5.41, 5.74) is 0.980. The van der Waals surface area contributed by atoms with E-state index < -0.39 is 0 Å². The van der Waals surface area contributed by atoms with Crippen LogP contribution in [0.2, 0.25) is 5.02 Å². The zero-order chi connectivity index (χ0) is 17.2. The Morgan fingerprint density at radius 3 is 2.92 bits per heavy atom. The van der Waals surface area contributed by atoms with Crippen molar-refractivity contribution >= 4 is 17.5 Å². The van der Waals surface area contributed by atoms with Crippen LogP contribution in [0.25, 0.3) is 11.5 Å². The van der Waals surface area contributed by atoms with Crippen LogP contribution >= 0.6 is 11.6 Å². The number of nitrogens with zero attached hydrogens (tertiary/aromatic N) is 5. The van der Waals surface area contributed by atoms with Gasteiger partial charge in [-0.05, 0) is 37.1 Å². The summed E-state index contributed by atoms with van der Waals surface area (Å²) in [6.07, 6.45) is 4.77. The lowest BCUT2D eigenvalue weighted by molar-refractivity contribution is 0.0704. The molecule has 0 spiro atoms. The van der Waals surface area contributed by atoms with Gasteiger partial charge < -0.3 is 9.42 Å². The minimum absolute atomic E-state index is 0.170. The second-order valence-electron chi connectivity index (χ2n) is 5.69. The van der Waals surface area contributed by atoms with Gasteiger partial charge in [-0.3, -0.25) is 9.78 Å². The fraction of sp³-hybridized carbons (Fsp3) is 0.235. The van der Waals surface area contributed by atoms with E-state index in [1.54, 1.807) is 23.2 Å². The summed E-state index contributed by atoms with van der Waals surface area (Å²) in [6, 6.07) is 8.50. The molecule has 7 nitrogen and oxygen atoms in total. The number of hydrogen-bond donors (Lipinski definition) is 0. The first-order chi connectivity index (χ1) is 12.2. The molecule has 1 saturated heterocycles. The summed E-state index contributed by atoms with van der Waals surface area (Å²) in [6.45, 7) is 0.620. The molecule has 0 radical (unpaired) electrons. The molecule has 3 aromatic heterocycles. The molecule has 1 amide bonds. The molecule has 0 aromatic carbocycles. The lowest BCUT2D eigenvalue weighted by Gasteiger charge is -2.21. The zero-order valence-corrected chi connectivity index (χ0v) is 13.9. The number of rotatable bonds is 3. The molecule has 4 heterocycles. The van der Waals surface area contributed by atoms with Crippen LogP contribution in [0.1, 0.15) is 35.3 Å². The molecular formula is C17H14ClN5O2. The Kier molecular flexibility index (Phi) is 4.15. The van der Waals surface area contributed by atoms with E-state index in [4.69, 9.17) is 16.1 Å². The average Bonchev–Trinajstić information content (AvgIpc) is 3.32. The highest BCUT2D eigenvalue weighted by Crippen LogP contribution is 2.32. The first-order valence-electron chi connectivity index (χ1n) is 7.90. The standard InChI is InChI=1S/C17H14ClN5O2/c18-11-6-7-13(20-10-11)17(24)23-9-3-5-14(23)16-21-15(22-25-16)12-4-1-2-8-19-12/h1-2,4,6-8,10,14H,3,5,9H2/t14-/m1/s1. The summed E-state index contributed by atoms with van der Waals surface area (Å²) in [4.78, 5) is 27.2. The number of halogens is 1. The van der Waals surface area contributed by atoms with Gasteiger partial charge in [0.1, 0.15) is 17.4 Å². The highest BCUT2D eigenvalue weighted by atomic mass is 35.5. The number of aromatic nitrogens is 4. The van der Waals surface area contributed by atoms with Gasteiger partial charge in [-0.2, -0.15) is 4.98 Å². The summed E-state index contributed by atoms with van der Waals surface area (Å²) < 4.78 is 5.40. The van der Waals surface area contributed by atoms with E-state index in [2.05, 4.69) is 20.1 Å². The molecule has 0 N–H and O–H groups in total. The molecule has 1 aliphatic rings. The smallest absolute Gasteiger partial charge is 0.273 e. The highest BCUT2D eigenvalue weighted by Gasteiger charge is 2.35. The quantitative estimate of drug-likeness (QED) is 0.717. The number of carbonyl (C=O) groups excluding carboxylic acids is 1. The Balaban J connectivity index is 1.58. The zero-order valence-electron chi connectivity index (χ0n) is 13.2. The van der Waals surface area contributed by atoms with E-state index in [1.807, 2.05) is 18.2 Å². The molecule has 3 aromatic rings. The molecule has 4 rings (SSSR count). The third kappa shape index (κ3) is 3.10. The molecule has 0 aliphatic carbocycles. The summed E-state index contributed by atoms with van der Waals surface area (Å²) in [5.74, 6) is 0.664. The van der Waals surface area contributed by atoms with Crippen molar-refractivity contribution in [3.8, 4) is 11.5 Å². The third-order valence-corrected chi connectivity index (χ3v) is 4.30. The predicted molar refractivity (Wildman–Crippen MR) is 89.8 cm³/mol. The molecule has 0 saturated carbocycles. The van der Waals surface area contributed by atoms with Crippen molar-refractivity contribution < 1.29 is 9.32 Å². The van der Waals surface area contributed by atoms with E-state index in [1.165, 1.54) is 6.20 Å². The minimum Gasteiger partial charge on any atom is -0.337 e. The van der Waals surface area contributed by atoms with Gasteiger partial charge in [0.15, 0.2) is 0 Å². The predicted octanol–water partition coefficient (Wildman–Crippen LogP) is 3.16. The average molecular weight is 356 g/mol. The van der Waals surface area contributed by atoms with Gasteiger partial charge in [0.2, 0.25) is 11.7 Å². The van der Waals surface area contributed by atoms with Gasteiger partial charge >= 0.3 is 0 Å². The summed E-state index contributed by atoms with van der Waals surface area (Å²) in [5, 5.41) is 4.48. The summed E-state index contributed by atoms with van der Waals surface area (Å²) in [7, 11) is 0. The molecule has 0 unspecified atom stereocenters.